The van der Waals surface area contributed by atoms with Gasteiger partial charge < -0.3 is 21.1 Å². The van der Waals surface area contributed by atoms with Crippen molar-refractivity contribution in [3.63, 3.8) is 0 Å². The van der Waals surface area contributed by atoms with E-state index in [2.05, 4.69) is 24.1 Å². The van der Waals surface area contributed by atoms with Crippen LogP contribution in [-0.4, -0.2) is 41.6 Å². The molecular weight excluding hydrogens is 266 g/mol. The van der Waals surface area contributed by atoms with Crippen molar-refractivity contribution in [3.05, 3.63) is 23.8 Å². The molecule has 0 aliphatic carbocycles. The molecule has 1 amide bonds. The van der Waals surface area contributed by atoms with Crippen LogP contribution in [0.1, 0.15) is 44.0 Å². The normalized spacial score (nSPS) is 12.4. The molecule has 0 aromatic heterocycles. The second-order valence-electron chi connectivity index (χ2n) is 5.32. The van der Waals surface area contributed by atoms with Gasteiger partial charge >= 0.3 is 0 Å². The Hall–Kier alpha value is -1.75. The number of nitrogens with zero attached hydrogens (tertiary/aromatic N) is 1. The Bertz CT molecular complexity index is 459. The smallest absolute Gasteiger partial charge is 0.253 e. The van der Waals surface area contributed by atoms with Crippen LogP contribution in [0.3, 0.4) is 0 Å². The second kappa shape index (κ2) is 8.52. The van der Waals surface area contributed by atoms with Crippen molar-refractivity contribution in [2.45, 2.75) is 39.7 Å². The van der Waals surface area contributed by atoms with Crippen molar-refractivity contribution < 1.29 is 9.90 Å². The van der Waals surface area contributed by atoms with Crippen LogP contribution in [0.25, 0.3) is 0 Å². The number of nitrogens with one attached hydrogen (secondary N) is 1. The molecule has 1 aromatic rings. The number of amides is 1. The number of aromatic hydroxyl groups is 1. The Balaban J connectivity index is 2.45. The Morgan fingerprint density at radius 3 is 2.67 bits per heavy atom. The van der Waals surface area contributed by atoms with Crippen LogP contribution >= 0.6 is 0 Å². The standard InChI is InChI=1S/C16H27N3O2/c1-4-19(5-2)10-6-7-12(3)18-16(21)14-11-13(20)8-9-15(14)17/h8-9,11-12,20H,4-7,10,17H2,1-3H3,(H,18,21). The molecule has 1 aromatic carbocycles. The van der Waals surface area contributed by atoms with Crippen LogP contribution in [0.2, 0.25) is 0 Å². The molecule has 21 heavy (non-hydrogen) atoms. The lowest BCUT2D eigenvalue weighted by atomic mass is 10.1. The summed E-state index contributed by atoms with van der Waals surface area (Å²) in [7, 11) is 0. The predicted molar refractivity (Wildman–Crippen MR) is 86.5 cm³/mol. The van der Waals surface area contributed by atoms with E-state index in [1.165, 1.54) is 18.2 Å². The summed E-state index contributed by atoms with van der Waals surface area (Å²) in [5.41, 5.74) is 6.46. The minimum atomic E-state index is -0.237. The van der Waals surface area contributed by atoms with Crippen LogP contribution in [0.4, 0.5) is 5.69 Å². The highest BCUT2D eigenvalue weighted by molar-refractivity contribution is 5.99. The molecule has 0 aliphatic heterocycles. The number of hydrogen-bond donors (Lipinski definition) is 3. The molecule has 1 atom stereocenters. The van der Waals surface area contributed by atoms with Crippen molar-refractivity contribution >= 4 is 11.6 Å². The number of nitrogen functional groups attached to an aromatic ring is 1. The maximum absolute atomic E-state index is 12.1. The fourth-order valence-electron chi connectivity index (χ4n) is 2.28. The SMILES string of the molecule is CCN(CC)CCCC(C)NC(=O)c1cc(O)ccc1N. The number of carbonyl (C=O) groups is 1. The zero-order valence-corrected chi connectivity index (χ0v) is 13.2. The molecule has 1 rings (SSSR count). The zero-order valence-electron chi connectivity index (χ0n) is 13.2. The van der Waals surface area contributed by atoms with Crippen LogP contribution in [0, 0.1) is 0 Å². The van der Waals surface area contributed by atoms with Crippen molar-refractivity contribution in [1.82, 2.24) is 10.2 Å². The first-order chi connectivity index (χ1) is 9.97. The number of rotatable bonds is 8. The third-order valence-electron chi connectivity index (χ3n) is 3.66. The number of phenolic OH excluding ortho intramolecular Hbond substituents is 1. The fraction of sp³-hybridized carbons (Fsp3) is 0.562. The molecule has 0 heterocycles. The monoisotopic (exact) mass is 293 g/mol. The molecule has 0 radical (unpaired) electrons. The van der Waals surface area contributed by atoms with Gasteiger partial charge in [-0.3, -0.25) is 4.79 Å². The molecule has 4 N–H and O–H groups in total. The quantitative estimate of drug-likeness (QED) is 0.507. The van der Waals surface area contributed by atoms with Gasteiger partial charge in [-0.25, -0.2) is 0 Å². The van der Waals surface area contributed by atoms with Crippen molar-refractivity contribution in [3.8, 4) is 5.75 Å². The lowest BCUT2D eigenvalue weighted by Crippen LogP contribution is -2.34. The van der Waals surface area contributed by atoms with Crippen molar-refractivity contribution in [2.24, 2.45) is 0 Å². The molecule has 0 saturated heterocycles. The average molecular weight is 293 g/mol. The summed E-state index contributed by atoms with van der Waals surface area (Å²) in [4.78, 5) is 14.5. The van der Waals surface area contributed by atoms with Gasteiger partial charge in [-0.1, -0.05) is 13.8 Å². The van der Waals surface area contributed by atoms with Gasteiger partial charge in [0.05, 0.1) is 5.56 Å². The highest BCUT2D eigenvalue weighted by Gasteiger charge is 2.13. The van der Waals surface area contributed by atoms with Gasteiger partial charge in [-0.05, 0) is 57.6 Å². The van der Waals surface area contributed by atoms with Crippen molar-refractivity contribution in [2.75, 3.05) is 25.4 Å². The Labute approximate surface area is 127 Å². The zero-order chi connectivity index (χ0) is 15.8. The van der Waals surface area contributed by atoms with Gasteiger partial charge in [-0.2, -0.15) is 0 Å². The fourth-order valence-corrected chi connectivity index (χ4v) is 2.28. The largest absolute Gasteiger partial charge is 0.508 e. The lowest BCUT2D eigenvalue weighted by Gasteiger charge is -2.20. The Kier molecular flexibility index (Phi) is 7.02. The highest BCUT2D eigenvalue weighted by Crippen LogP contribution is 2.18. The van der Waals surface area contributed by atoms with Gasteiger partial charge in [0.15, 0.2) is 0 Å². The van der Waals surface area contributed by atoms with Gasteiger partial charge in [0.2, 0.25) is 0 Å². The van der Waals surface area contributed by atoms with Crippen LogP contribution in [0.5, 0.6) is 5.75 Å². The molecule has 5 heteroatoms. The van der Waals surface area contributed by atoms with E-state index in [0.717, 1.165) is 32.5 Å². The number of hydrogen-bond acceptors (Lipinski definition) is 4. The van der Waals surface area contributed by atoms with Crippen LogP contribution in [0.15, 0.2) is 18.2 Å². The van der Waals surface area contributed by atoms with E-state index in [1.807, 2.05) is 6.92 Å². The third kappa shape index (κ3) is 5.63. The molecule has 118 valence electrons. The first-order valence-electron chi connectivity index (χ1n) is 7.59. The summed E-state index contributed by atoms with van der Waals surface area (Å²) in [5, 5.41) is 12.4. The summed E-state index contributed by atoms with van der Waals surface area (Å²) < 4.78 is 0. The third-order valence-corrected chi connectivity index (χ3v) is 3.66. The number of anilines is 1. The maximum Gasteiger partial charge on any atom is 0.253 e. The molecule has 0 saturated carbocycles. The number of nitrogens with two attached hydrogens (primary N) is 1. The molecule has 5 nitrogen and oxygen atoms in total. The molecular formula is C16H27N3O2. The van der Waals surface area contributed by atoms with E-state index < -0.39 is 0 Å². The topological polar surface area (TPSA) is 78.6 Å². The molecule has 0 bridgehead atoms. The lowest BCUT2D eigenvalue weighted by molar-refractivity contribution is 0.0937. The van der Waals surface area contributed by atoms with Gasteiger partial charge in [0.25, 0.3) is 5.91 Å². The molecule has 1 unspecified atom stereocenters. The van der Waals surface area contributed by atoms with Gasteiger partial charge in [0.1, 0.15) is 5.75 Å². The first-order valence-corrected chi connectivity index (χ1v) is 7.59. The van der Waals surface area contributed by atoms with E-state index in [-0.39, 0.29) is 17.7 Å². The summed E-state index contributed by atoms with van der Waals surface area (Å²) in [5.74, 6) is -0.192. The molecule has 0 aliphatic rings. The van der Waals surface area contributed by atoms with E-state index in [4.69, 9.17) is 5.73 Å². The molecule has 0 spiro atoms. The summed E-state index contributed by atoms with van der Waals surface area (Å²) >= 11 is 0. The van der Waals surface area contributed by atoms with Crippen molar-refractivity contribution in [1.29, 1.82) is 0 Å². The van der Waals surface area contributed by atoms with Gasteiger partial charge in [-0.15, -0.1) is 0 Å². The Morgan fingerprint density at radius 2 is 2.05 bits per heavy atom. The van der Waals surface area contributed by atoms with E-state index in [9.17, 15) is 9.90 Å². The minimum Gasteiger partial charge on any atom is -0.508 e. The van der Waals surface area contributed by atoms with E-state index in [1.54, 1.807) is 0 Å². The first kappa shape index (κ1) is 17.3. The number of phenols is 1. The van der Waals surface area contributed by atoms with Crippen LogP contribution < -0.4 is 11.1 Å². The molecule has 0 fully saturated rings. The minimum absolute atomic E-state index is 0.0449. The van der Waals surface area contributed by atoms with E-state index >= 15 is 0 Å². The van der Waals surface area contributed by atoms with E-state index in [0.29, 0.717) is 11.3 Å². The number of benzene rings is 1. The maximum atomic E-state index is 12.1. The Morgan fingerprint density at radius 1 is 1.38 bits per heavy atom. The average Bonchev–Trinajstić information content (AvgIpc) is 2.46. The predicted octanol–water partition coefficient (Wildman–Crippen LogP) is 2.21. The summed E-state index contributed by atoms with van der Waals surface area (Å²) in [6, 6.07) is 4.48. The summed E-state index contributed by atoms with van der Waals surface area (Å²) in [6.45, 7) is 9.44. The van der Waals surface area contributed by atoms with Gasteiger partial charge in [0, 0.05) is 11.7 Å². The second-order valence-corrected chi connectivity index (χ2v) is 5.32. The van der Waals surface area contributed by atoms with Crippen LogP contribution in [-0.2, 0) is 0 Å². The summed E-state index contributed by atoms with van der Waals surface area (Å²) in [6.07, 6.45) is 1.96. The number of carbonyl (C=O) groups excluding carboxylic acids is 1. The highest BCUT2D eigenvalue weighted by atomic mass is 16.3.